The number of rotatable bonds is 4. The zero-order valence-electron chi connectivity index (χ0n) is 31.0. The third-order valence-corrected chi connectivity index (χ3v) is 12.2. The van der Waals surface area contributed by atoms with E-state index in [1.807, 2.05) is 18.2 Å². The normalized spacial score (nSPS) is 13.3. The molecule has 0 atom stereocenters. The number of anilines is 3. The first-order chi connectivity index (χ1) is 27.5. The lowest BCUT2D eigenvalue weighted by atomic mass is 9.82. The van der Waals surface area contributed by atoms with Crippen LogP contribution in [0.1, 0.15) is 25.0 Å². The predicted molar refractivity (Wildman–Crippen MR) is 234 cm³/mol. The summed E-state index contributed by atoms with van der Waals surface area (Å²) in [6.07, 6.45) is 0. The van der Waals surface area contributed by atoms with Crippen molar-refractivity contribution in [2.45, 2.75) is 19.3 Å². The predicted octanol–water partition coefficient (Wildman–Crippen LogP) is 15.2. The van der Waals surface area contributed by atoms with Crippen molar-refractivity contribution >= 4 is 82.5 Å². The average molecular weight is 718 g/mol. The van der Waals surface area contributed by atoms with Crippen molar-refractivity contribution in [3.63, 3.8) is 0 Å². The van der Waals surface area contributed by atoms with Crippen LogP contribution in [0.2, 0.25) is 0 Å². The molecule has 0 N–H and O–H groups in total. The van der Waals surface area contributed by atoms with Gasteiger partial charge < -0.3 is 13.7 Å². The molecule has 56 heavy (non-hydrogen) atoms. The second-order valence-electron chi connectivity index (χ2n) is 15.7. The fourth-order valence-corrected chi connectivity index (χ4v) is 9.53. The molecule has 0 amide bonds. The maximum atomic E-state index is 6.96. The Kier molecular flexibility index (Phi) is 6.40. The Balaban J connectivity index is 1.21. The van der Waals surface area contributed by atoms with E-state index in [0.717, 1.165) is 72.1 Å². The molecule has 264 valence electrons. The molecule has 0 radical (unpaired) electrons. The molecule has 0 saturated heterocycles. The maximum Gasteiger partial charge on any atom is 0.143 e. The molecular formula is C53H35NO2. The lowest BCUT2D eigenvalue weighted by molar-refractivity contribution is 0.660. The first kappa shape index (κ1) is 31.3. The molecule has 12 rings (SSSR count). The van der Waals surface area contributed by atoms with E-state index in [-0.39, 0.29) is 5.41 Å². The van der Waals surface area contributed by atoms with Gasteiger partial charge in [0.2, 0.25) is 0 Å². The Labute approximate surface area is 323 Å². The summed E-state index contributed by atoms with van der Waals surface area (Å²) in [7, 11) is 0. The molecule has 2 aromatic heterocycles. The summed E-state index contributed by atoms with van der Waals surface area (Å²) in [6, 6.07) is 63.6. The van der Waals surface area contributed by atoms with E-state index in [1.54, 1.807) is 0 Å². The minimum atomic E-state index is -0.152. The van der Waals surface area contributed by atoms with E-state index in [0.29, 0.717) is 0 Å². The summed E-state index contributed by atoms with van der Waals surface area (Å²) >= 11 is 0. The number of fused-ring (bicyclic) bond motifs is 12. The average Bonchev–Trinajstić information content (AvgIpc) is 3.88. The minimum Gasteiger partial charge on any atom is -0.456 e. The van der Waals surface area contributed by atoms with Crippen LogP contribution in [0.15, 0.2) is 185 Å². The molecule has 0 saturated carbocycles. The van der Waals surface area contributed by atoms with E-state index in [1.165, 1.54) is 43.8 Å². The van der Waals surface area contributed by atoms with Crippen molar-refractivity contribution in [3.05, 3.63) is 187 Å². The quantitative estimate of drug-likeness (QED) is 0.182. The summed E-state index contributed by atoms with van der Waals surface area (Å²) < 4.78 is 13.4. The van der Waals surface area contributed by atoms with Gasteiger partial charge in [-0.2, -0.15) is 0 Å². The maximum absolute atomic E-state index is 6.96. The van der Waals surface area contributed by atoms with Crippen LogP contribution in [0.3, 0.4) is 0 Å². The summed E-state index contributed by atoms with van der Waals surface area (Å²) in [4.78, 5) is 2.46. The topological polar surface area (TPSA) is 29.5 Å². The molecule has 0 spiro atoms. The molecule has 3 nitrogen and oxygen atoms in total. The third-order valence-electron chi connectivity index (χ3n) is 12.2. The van der Waals surface area contributed by atoms with E-state index in [9.17, 15) is 0 Å². The third kappa shape index (κ3) is 4.40. The molecule has 1 aliphatic rings. The van der Waals surface area contributed by atoms with Gasteiger partial charge in [-0.15, -0.1) is 0 Å². The Hall–Kier alpha value is -7.10. The van der Waals surface area contributed by atoms with Gasteiger partial charge in [-0.25, -0.2) is 0 Å². The molecule has 9 aromatic carbocycles. The molecule has 0 bridgehead atoms. The van der Waals surface area contributed by atoms with Gasteiger partial charge in [0.15, 0.2) is 0 Å². The fourth-order valence-electron chi connectivity index (χ4n) is 9.53. The largest absolute Gasteiger partial charge is 0.456 e. The summed E-state index contributed by atoms with van der Waals surface area (Å²) in [6.45, 7) is 4.71. The number of hydrogen-bond acceptors (Lipinski definition) is 3. The van der Waals surface area contributed by atoms with Crippen molar-refractivity contribution in [1.82, 2.24) is 0 Å². The molecule has 1 aliphatic carbocycles. The second-order valence-corrected chi connectivity index (χ2v) is 15.7. The number of furan rings is 2. The first-order valence-corrected chi connectivity index (χ1v) is 19.3. The van der Waals surface area contributed by atoms with Gasteiger partial charge in [0, 0.05) is 49.3 Å². The van der Waals surface area contributed by atoms with Gasteiger partial charge in [-0.1, -0.05) is 135 Å². The highest BCUT2D eigenvalue weighted by Gasteiger charge is 2.36. The molecule has 2 heterocycles. The van der Waals surface area contributed by atoms with E-state index in [2.05, 4.69) is 176 Å². The monoisotopic (exact) mass is 717 g/mol. The van der Waals surface area contributed by atoms with Crippen LogP contribution < -0.4 is 4.90 Å². The van der Waals surface area contributed by atoms with Crippen molar-refractivity contribution in [3.8, 4) is 22.3 Å². The van der Waals surface area contributed by atoms with Gasteiger partial charge in [0.1, 0.15) is 22.3 Å². The molecule has 11 aromatic rings. The molecule has 3 heteroatoms. The van der Waals surface area contributed by atoms with Gasteiger partial charge in [-0.05, 0) is 98.6 Å². The fraction of sp³-hybridized carbons (Fsp3) is 0.0566. The highest BCUT2D eigenvalue weighted by molar-refractivity contribution is 6.27. The molecule has 0 fully saturated rings. The Morgan fingerprint density at radius 2 is 1.11 bits per heavy atom. The highest BCUT2D eigenvalue weighted by Crippen LogP contribution is 2.52. The van der Waals surface area contributed by atoms with Gasteiger partial charge in [0.05, 0.1) is 5.69 Å². The summed E-state index contributed by atoms with van der Waals surface area (Å²) in [5.74, 6) is 0. The van der Waals surface area contributed by atoms with E-state index >= 15 is 0 Å². The van der Waals surface area contributed by atoms with Crippen molar-refractivity contribution in [2.24, 2.45) is 0 Å². The second kappa shape index (κ2) is 11.5. The van der Waals surface area contributed by atoms with Crippen LogP contribution in [0.4, 0.5) is 17.1 Å². The first-order valence-electron chi connectivity index (χ1n) is 19.3. The Morgan fingerprint density at radius 1 is 0.411 bits per heavy atom. The van der Waals surface area contributed by atoms with Crippen LogP contribution >= 0.6 is 0 Å². The highest BCUT2D eigenvalue weighted by atomic mass is 16.3. The van der Waals surface area contributed by atoms with Crippen molar-refractivity contribution < 1.29 is 8.83 Å². The number of benzene rings is 9. The smallest absolute Gasteiger partial charge is 0.143 e. The Bertz CT molecular complexity index is 3410. The number of para-hydroxylation sites is 1. The van der Waals surface area contributed by atoms with Crippen LogP contribution in [0.5, 0.6) is 0 Å². The lowest BCUT2D eigenvalue weighted by Gasteiger charge is -2.29. The van der Waals surface area contributed by atoms with Crippen LogP contribution in [-0.4, -0.2) is 0 Å². The number of hydrogen-bond donors (Lipinski definition) is 0. The summed E-state index contributed by atoms with van der Waals surface area (Å²) in [5.41, 5.74) is 14.0. The van der Waals surface area contributed by atoms with Gasteiger partial charge in [0.25, 0.3) is 0 Å². The van der Waals surface area contributed by atoms with E-state index < -0.39 is 0 Å². The number of nitrogens with zero attached hydrogens (tertiary/aromatic N) is 1. The van der Waals surface area contributed by atoms with Crippen LogP contribution in [-0.2, 0) is 5.41 Å². The standard InChI is InChI=1S/C53H35NO2/c1-53(2)44-19-9-7-17-39(44)40-25-24-36(31-45(40)53)54(46-20-11-15-33-13-5-6-16-38(33)46)37-29-42(35-23-22-32-12-3-4-14-34(32)28-35)52-43(30-37)51-49(56-52)27-26-48-50(51)41-18-8-10-21-47(41)55-48/h3-31H,1-2H3. The molecular weight excluding hydrogens is 683 g/mol. The lowest BCUT2D eigenvalue weighted by Crippen LogP contribution is -2.16. The van der Waals surface area contributed by atoms with Gasteiger partial charge >= 0.3 is 0 Å². The van der Waals surface area contributed by atoms with Gasteiger partial charge in [-0.3, -0.25) is 0 Å². The molecule has 0 unspecified atom stereocenters. The minimum absolute atomic E-state index is 0.152. The zero-order valence-corrected chi connectivity index (χ0v) is 31.0. The van der Waals surface area contributed by atoms with Crippen molar-refractivity contribution in [1.29, 1.82) is 0 Å². The van der Waals surface area contributed by atoms with Crippen molar-refractivity contribution in [2.75, 3.05) is 4.90 Å². The molecule has 0 aliphatic heterocycles. The Morgan fingerprint density at radius 3 is 2.00 bits per heavy atom. The summed E-state index contributed by atoms with van der Waals surface area (Å²) in [5, 5.41) is 9.05. The van der Waals surface area contributed by atoms with Crippen LogP contribution in [0.25, 0.3) is 87.7 Å². The van der Waals surface area contributed by atoms with Crippen LogP contribution in [0, 0.1) is 0 Å². The van der Waals surface area contributed by atoms with E-state index in [4.69, 9.17) is 8.83 Å². The SMILES string of the molecule is CC1(C)c2ccccc2-c2ccc(N(c3cc(-c4ccc5ccccc5c4)c4oc5ccc6oc7ccccc7c6c5c4c3)c3cccc4ccccc34)cc21. The zero-order chi connectivity index (χ0) is 37.1.